The van der Waals surface area contributed by atoms with Gasteiger partial charge in [0.05, 0.1) is 10.7 Å². The lowest BCUT2D eigenvalue weighted by Gasteiger charge is -2.06. The molecule has 2 heterocycles. The van der Waals surface area contributed by atoms with Crippen LogP contribution < -0.4 is 5.32 Å². The third kappa shape index (κ3) is 3.20. The Bertz CT molecular complexity index is 527. The second-order valence-electron chi connectivity index (χ2n) is 4.21. The summed E-state index contributed by atoms with van der Waals surface area (Å²) in [5.41, 5.74) is 2.11. The summed E-state index contributed by atoms with van der Waals surface area (Å²) in [6.45, 7) is 9.39. The van der Waals surface area contributed by atoms with Gasteiger partial charge in [0.25, 0.3) is 0 Å². The maximum atomic E-state index is 4.45. The Labute approximate surface area is 111 Å². The molecule has 0 saturated carbocycles. The van der Waals surface area contributed by atoms with E-state index in [1.165, 1.54) is 5.01 Å². The minimum atomic E-state index is 0.777. The second kappa shape index (κ2) is 5.82. The van der Waals surface area contributed by atoms with Crippen molar-refractivity contribution in [2.75, 3.05) is 11.9 Å². The van der Waals surface area contributed by atoms with Gasteiger partial charge in [0, 0.05) is 36.8 Å². The van der Waals surface area contributed by atoms with Gasteiger partial charge in [-0.25, -0.2) is 9.97 Å². The molecule has 4 nitrogen and oxygen atoms in total. The van der Waals surface area contributed by atoms with Crippen LogP contribution in [-0.4, -0.2) is 21.1 Å². The Morgan fingerprint density at radius 2 is 2.22 bits per heavy atom. The van der Waals surface area contributed by atoms with E-state index < -0.39 is 0 Å². The van der Waals surface area contributed by atoms with E-state index in [-0.39, 0.29) is 0 Å². The first-order valence-corrected chi connectivity index (χ1v) is 6.86. The Kier molecular flexibility index (Phi) is 4.15. The Balaban J connectivity index is 1.91. The van der Waals surface area contributed by atoms with Crippen molar-refractivity contribution in [3.8, 4) is 0 Å². The molecule has 0 aliphatic rings. The standard InChI is InChI=1S/C13H18N4S/c1-4-7-17-8-10(2)16-13(17)14-6-5-12-15-11(3)9-18-12/h4,8-9H,1,5-7H2,2-3H3,(H,14,16). The number of hydrogen-bond acceptors (Lipinski definition) is 4. The molecule has 5 heteroatoms. The number of aryl methyl sites for hydroxylation is 2. The van der Waals surface area contributed by atoms with Crippen molar-refractivity contribution in [3.63, 3.8) is 0 Å². The quantitative estimate of drug-likeness (QED) is 0.814. The number of hydrogen-bond donors (Lipinski definition) is 1. The molecule has 2 aromatic rings. The molecule has 0 spiro atoms. The van der Waals surface area contributed by atoms with E-state index in [9.17, 15) is 0 Å². The number of thiazole rings is 1. The summed E-state index contributed by atoms with van der Waals surface area (Å²) in [5, 5.41) is 6.59. The fourth-order valence-corrected chi connectivity index (χ4v) is 2.54. The number of nitrogens with zero attached hydrogens (tertiary/aromatic N) is 3. The van der Waals surface area contributed by atoms with Crippen molar-refractivity contribution in [2.24, 2.45) is 0 Å². The molecule has 0 unspecified atom stereocenters. The van der Waals surface area contributed by atoms with Crippen LogP contribution >= 0.6 is 11.3 Å². The van der Waals surface area contributed by atoms with Crippen molar-refractivity contribution in [2.45, 2.75) is 26.8 Å². The van der Waals surface area contributed by atoms with Crippen LogP contribution in [0.25, 0.3) is 0 Å². The van der Waals surface area contributed by atoms with E-state index in [4.69, 9.17) is 0 Å². The topological polar surface area (TPSA) is 42.7 Å². The molecule has 0 aliphatic carbocycles. The lowest BCUT2D eigenvalue weighted by atomic mass is 10.4. The maximum Gasteiger partial charge on any atom is 0.203 e. The average Bonchev–Trinajstić information content (AvgIpc) is 2.87. The first-order chi connectivity index (χ1) is 8.69. The van der Waals surface area contributed by atoms with Crippen LogP contribution in [0.4, 0.5) is 5.95 Å². The molecule has 0 fully saturated rings. The average molecular weight is 262 g/mol. The smallest absolute Gasteiger partial charge is 0.203 e. The van der Waals surface area contributed by atoms with Gasteiger partial charge in [-0.2, -0.15) is 0 Å². The molecule has 18 heavy (non-hydrogen) atoms. The van der Waals surface area contributed by atoms with E-state index >= 15 is 0 Å². The number of allylic oxidation sites excluding steroid dienone is 1. The first kappa shape index (κ1) is 12.8. The highest BCUT2D eigenvalue weighted by molar-refractivity contribution is 7.09. The predicted molar refractivity (Wildman–Crippen MR) is 76.2 cm³/mol. The Morgan fingerprint density at radius 3 is 2.89 bits per heavy atom. The number of anilines is 1. The largest absolute Gasteiger partial charge is 0.355 e. The van der Waals surface area contributed by atoms with Crippen molar-refractivity contribution >= 4 is 17.3 Å². The zero-order valence-corrected chi connectivity index (χ0v) is 11.6. The van der Waals surface area contributed by atoms with Gasteiger partial charge >= 0.3 is 0 Å². The van der Waals surface area contributed by atoms with Crippen LogP contribution in [0.5, 0.6) is 0 Å². The van der Waals surface area contributed by atoms with E-state index in [2.05, 4.69) is 31.8 Å². The third-order valence-electron chi connectivity index (χ3n) is 2.51. The monoisotopic (exact) mass is 262 g/mol. The molecule has 0 amide bonds. The fraction of sp³-hybridized carbons (Fsp3) is 0.385. The number of aromatic nitrogens is 3. The number of nitrogens with one attached hydrogen (secondary N) is 1. The molecule has 0 atom stereocenters. The molecular formula is C13H18N4S. The molecule has 0 radical (unpaired) electrons. The third-order valence-corrected chi connectivity index (χ3v) is 3.54. The zero-order valence-electron chi connectivity index (χ0n) is 10.8. The second-order valence-corrected chi connectivity index (χ2v) is 5.15. The molecule has 0 saturated heterocycles. The summed E-state index contributed by atoms with van der Waals surface area (Å²) < 4.78 is 2.06. The minimum Gasteiger partial charge on any atom is -0.355 e. The molecule has 1 N–H and O–H groups in total. The Morgan fingerprint density at radius 1 is 1.39 bits per heavy atom. The van der Waals surface area contributed by atoms with E-state index in [0.29, 0.717) is 0 Å². The molecule has 2 rings (SSSR count). The zero-order chi connectivity index (χ0) is 13.0. The van der Waals surface area contributed by atoms with Gasteiger partial charge in [0.15, 0.2) is 0 Å². The van der Waals surface area contributed by atoms with Crippen LogP contribution in [0.3, 0.4) is 0 Å². The summed E-state index contributed by atoms with van der Waals surface area (Å²) >= 11 is 1.71. The van der Waals surface area contributed by atoms with Gasteiger partial charge in [-0.3, -0.25) is 0 Å². The maximum absolute atomic E-state index is 4.45. The van der Waals surface area contributed by atoms with Crippen LogP contribution in [0, 0.1) is 13.8 Å². The summed E-state index contributed by atoms with van der Waals surface area (Å²) in [5.74, 6) is 0.903. The van der Waals surface area contributed by atoms with Crippen LogP contribution in [0.1, 0.15) is 16.4 Å². The van der Waals surface area contributed by atoms with Gasteiger partial charge in [0.1, 0.15) is 0 Å². The van der Waals surface area contributed by atoms with Gasteiger partial charge in [-0.05, 0) is 13.8 Å². The van der Waals surface area contributed by atoms with Crippen molar-refractivity contribution in [1.82, 2.24) is 14.5 Å². The number of rotatable bonds is 6. The van der Waals surface area contributed by atoms with E-state index in [1.54, 1.807) is 11.3 Å². The SMILES string of the molecule is C=CCn1cc(C)nc1NCCc1nc(C)cs1. The predicted octanol–water partition coefficient (Wildman–Crippen LogP) is 2.80. The molecule has 0 aromatic carbocycles. The van der Waals surface area contributed by atoms with Crippen LogP contribution in [-0.2, 0) is 13.0 Å². The van der Waals surface area contributed by atoms with E-state index in [1.807, 2.05) is 26.1 Å². The first-order valence-electron chi connectivity index (χ1n) is 5.98. The fourth-order valence-electron chi connectivity index (χ4n) is 1.76. The summed E-state index contributed by atoms with van der Waals surface area (Å²) in [6.07, 6.45) is 4.83. The van der Waals surface area contributed by atoms with Gasteiger partial charge in [-0.1, -0.05) is 6.08 Å². The summed E-state index contributed by atoms with van der Waals surface area (Å²) in [7, 11) is 0. The van der Waals surface area contributed by atoms with Crippen LogP contribution in [0.2, 0.25) is 0 Å². The van der Waals surface area contributed by atoms with Crippen LogP contribution in [0.15, 0.2) is 24.2 Å². The lowest BCUT2D eigenvalue weighted by Crippen LogP contribution is -2.10. The van der Waals surface area contributed by atoms with Crippen molar-refractivity contribution < 1.29 is 0 Å². The van der Waals surface area contributed by atoms with E-state index in [0.717, 1.165) is 36.8 Å². The van der Waals surface area contributed by atoms with Gasteiger partial charge < -0.3 is 9.88 Å². The summed E-state index contributed by atoms with van der Waals surface area (Å²) in [4.78, 5) is 8.89. The van der Waals surface area contributed by atoms with Crippen molar-refractivity contribution in [1.29, 1.82) is 0 Å². The highest BCUT2D eigenvalue weighted by atomic mass is 32.1. The molecule has 2 aromatic heterocycles. The number of imidazole rings is 1. The lowest BCUT2D eigenvalue weighted by molar-refractivity contribution is 0.815. The van der Waals surface area contributed by atoms with Crippen molar-refractivity contribution in [3.05, 3.63) is 40.6 Å². The molecule has 0 bridgehead atoms. The normalized spacial score (nSPS) is 10.6. The molecule has 0 aliphatic heterocycles. The highest BCUT2D eigenvalue weighted by Crippen LogP contribution is 2.11. The highest BCUT2D eigenvalue weighted by Gasteiger charge is 2.04. The molecule has 96 valence electrons. The Hall–Kier alpha value is -1.62. The van der Waals surface area contributed by atoms with Gasteiger partial charge in [0.2, 0.25) is 5.95 Å². The minimum absolute atomic E-state index is 0.777. The summed E-state index contributed by atoms with van der Waals surface area (Å²) in [6, 6.07) is 0. The molecular weight excluding hydrogens is 244 g/mol. The van der Waals surface area contributed by atoms with Gasteiger partial charge in [-0.15, -0.1) is 17.9 Å².